The summed E-state index contributed by atoms with van der Waals surface area (Å²) >= 11 is 0. The van der Waals surface area contributed by atoms with E-state index >= 15 is 0 Å². The molecule has 2 N–H and O–H groups in total. The molecule has 0 aromatic heterocycles. The van der Waals surface area contributed by atoms with E-state index in [4.69, 9.17) is 0 Å². The predicted octanol–water partition coefficient (Wildman–Crippen LogP) is 4.93. The minimum absolute atomic E-state index is 0.0284. The summed E-state index contributed by atoms with van der Waals surface area (Å²) in [4.78, 5) is 24.8. The third kappa shape index (κ3) is 3.78. The molecule has 0 aliphatic heterocycles. The van der Waals surface area contributed by atoms with Crippen LogP contribution in [-0.4, -0.2) is 9.79 Å². The van der Waals surface area contributed by atoms with Crippen molar-refractivity contribution in [2.75, 3.05) is 0 Å². The van der Waals surface area contributed by atoms with Crippen LogP contribution in [0.25, 0.3) is 0 Å². The van der Waals surface area contributed by atoms with Crippen molar-refractivity contribution in [3.05, 3.63) is 90.0 Å². The quantitative estimate of drug-likeness (QED) is 0.604. The van der Waals surface area contributed by atoms with Crippen molar-refractivity contribution in [2.45, 2.75) is 52.4 Å². The average Bonchev–Trinajstić information content (AvgIpc) is 2.68. The van der Waals surface area contributed by atoms with Crippen LogP contribution in [0.2, 0.25) is 0 Å². The molecule has 2 nitrogen and oxygen atoms in total. The summed E-state index contributed by atoms with van der Waals surface area (Å²) in [7, 11) is -4.62. The monoisotopic (exact) mass is 408 g/mol. The van der Waals surface area contributed by atoms with Crippen molar-refractivity contribution in [3.8, 4) is 0 Å². The topological polar surface area (TPSA) is 40.5 Å². The summed E-state index contributed by atoms with van der Waals surface area (Å²) in [6.45, 7) is 12.9. The molecule has 0 saturated heterocycles. The van der Waals surface area contributed by atoms with E-state index in [1.54, 1.807) is 0 Å². The van der Waals surface area contributed by atoms with Crippen LogP contribution in [0.4, 0.5) is 0 Å². The van der Waals surface area contributed by atoms with E-state index in [9.17, 15) is 9.79 Å². The minimum atomic E-state index is -4.62. The van der Waals surface area contributed by atoms with Gasteiger partial charge in [-0.15, -0.1) is 0 Å². The SMILES string of the molecule is CC(C)(C)c1ccc(P(O)(O)(c2ccccc2)c2ccccc2)c(C(C)(C)C)c1. The second-order valence-electron chi connectivity index (χ2n) is 9.93. The van der Waals surface area contributed by atoms with Crippen molar-refractivity contribution in [1.29, 1.82) is 0 Å². The van der Waals surface area contributed by atoms with Crippen LogP contribution in [0.3, 0.4) is 0 Å². The average molecular weight is 409 g/mol. The fourth-order valence-electron chi connectivity index (χ4n) is 3.82. The third-order valence-electron chi connectivity index (χ3n) is 5.62. The maximum absolute atomic E-state index is 12.4. The first-order valence-electron chi connectivity index (χ1n) is 10.1. The fourth-order valence-corrected chi connectivity index (χ4v) is 7.36. The van der Waals surface area contributed by atoms with Crippen LogP contribution in [0.5, 0.6) is 0 Å². The summed E-state index contributed by atoms with van der Waals surface area (Å²) < 4.78 is 0. The molecule has 0 atom stereocenters. The number of rotatable bonds is 3. The van der Waals surface area contributed by atoms with E-state index in [1.807, 2.05) is 72.8 Å². The number of benzene rings is 3. The third-order valence-corrected chi connectivity index (χ3v) is 9.47. The number of hydrogen-bond donors (Lipinski definition) is 2. The summed E-state index contributed by atoms with van der Waals surface area (Å²) in [5, 5.41) is 1.73. The molecule has 0 unspecified atom stereocenters. The first-order chi connectivity index (χ1) is 13.3. The molecule has 0 heterocycles. The van der Waals surface area contributed by atoms with Gasteiger partial charge in [-0.25, -0.2) is 0 Å². The van der Waals surface area contributed by atoms with Crippen molar-refractivity contribution in [1.82, 2.24) is 0 Å². The van der Waals surface area contributed by atoms with Gasteiger partial charge in [0.25, 0.3) is 0 Å². The molecule has 0 bridgehead atoms. The Bertz CT molecular complexity index is 951. The zero-order valence-corrected chi connectivity index (χ0v) is 19.2. The van der Waals surface area contributed by atoms with Gasteiger partial charge in [0, 0.05) is 0 Å². The normalized spacial score (nSPS) is 14.3. The Kier molecular flexibility index (Phi) is 5.28. The molecule has 3 aromatic carbocycles. The second kappa shape index (κ2) is 7.06. The van der Waals surface area contributed by atoms with Gasteiger partial charge in [-0.3, -0.25) is 0 Å². The van der Waals surface area contributed by atoms with E-state index < -0.39 is 7.06 Å². The molecule has 0 saturated carbocycles. The fraction of sp³-hybridized carbons (Fsp3) is 0.308. The Balaban J connectivity index is 2.46. The molecule has 0 radical (unpaired) electrons. The molecular formula is C26H33O2P. The molecule has 3 rings (SSSR count). The van der Waals surface area contributed by atoms with Crippen molar-refractivity contribution >= 4 is 23.0 Å². The van der Waals surface area contributed by atoms with Gasteiger partial charge >= 0.3 is 175 Å². The molecule has 0 fully saturated rings. The predicted molar refractivity (Wildman–Crippen MR) is 127 cm³/mol. The van der Waals surface area contributed by atoms with E-state index in [0.29, 0.717) is 15.9 Å². The standard InChI is InChI=1S/C26H33O2P/c1-25(2,3)20-17-18-24(23(19-20)26(4,5)6)29(27,28,21-13-9-7-10-14-21)22-15-11-8-12-16-22/h7-19,27-28H,1-6H3. The van der Waals surface area contributed by atoms with E-state index in [1.165, 1.54) is 5.56 Å². The summed E-state index contributed by atoms with van der Waals surface area (Å²) in [6.07, 6.45) is 0. The van der Waals surface area contributed by atoms with E-state index in [0.717, 1.165) is 5.56 Å². The first-order valence-corrected chi connectivity index (χ1v) is 12.3. The summed E-state index contributed by atoms with van der Waals surface area (Å²) in [5.74, 6) is 0. The molecule has 3 heteroatoms. The van der Waals surface area contributed by atoms with Gasteiger partial charge in [-0.2, -0.15) is 0 Å². The van der Waals surface area contributed by atoms with Gasteiger partial charge in [0.05, 0.1) is 0 Å². The summed E-state index contributed by atoms with van der Waals surface area (Å²) in [6, 6.07) is 24.7. The van der Waals surface area contributed by atoms with E-state index in [-0.39, 0.29) is 10.8 Å². The zero-order valence-electron chi connectivity index (χ0n) is 18.3. The van der Waals surface area contributed by atoms with Crippen LogP contribution >= 0.6 is 7.06 Å². The van der Waals surface area contributed by atoms with Crippen LogP contribution in [-0.2, 0) is 10.8 Å². The van der Waals surface area contributed by atoms with Crippen molar-refractivity contribution in [3.63, 3.8) is 0 Å². The van der Waals surface area contributed by atoms with Crippen LogP contribution < -0.4 is 15.9 Å². The van der Waals surface area contributed by atoms with Crippen LogP contribution in [0, 0.1) is 0 Å². The molecule has 154 valence electrons. The Hall–Kier alpha value is -1.99. The van der Waals surface area contributed by atoms with Gasteiger partial charge in [0.1, 0.15) is 0 Å². The van der Waals surface area contributed by atoms with Crippen LogP contribution in [0.15, 0.2) is 78.9 Å². The van der Waals surface area contributed by atoms with Crippen molar-refractivity contribution < 1.29 is 9.79 Å². The second-order valence-corrected chi connectivity index (χ2v) is 13.5. The molecule has 0 amide bonds. The van der Waals surface area contributed by atoms with Crippen LogP contribution in [0.1, 0.15) is 52.7 Å². The first kappa shape index (κ1) is 21.7. The molecular weight excluding hydrogens is 375 g/mol. The Morgan fingerprint density at radius 3 is 1.41 bits per heavy atom. The Labute approximate surface area is 175 Å². The molecule has 0 aliphatic rings. The Morgan fingerprint density at radius 2 is 1.03 bits per heavy atom. The molecule has 3 aromatic rings. The van der Waals surface area contributed by atoms with Gasteiger partial charge < -0.3 is 0 Å². The van der Waals surface area contributed by atoms with Gasteiger partial charge in [0.15, 0.2) is 0 Å². The zero-order chi connectivity index (χ0) is 21.5. The molecule has 0 aliphatic carbocycles. The van der Waals surface area contributed by atoms with E-state index in [2.05, 4.69) is 47.6 Å². The Morgan fingerprint density at radius 1 is 0.586 bits per heavy atom. The molecule has 0 spiro atoms. The summed E-state index contributed by atoms with van der Waals surface area (Å²) in [5.41, 5.74) is 1.87. The number of hydrogen-bond acceptors (Lipinski definition) is 2. The van der Waals surface area contributed by atoms with Gasteiger partial charge in [-0.1, -0.05) is 0 Å². The molecule has 29 heavy (non-hydrogen) atoms. The van der Waals surface area contributed by atoms with Gasteiger partial charge in [-0.05, 0) is 0 Å². The maximum atomic E-state index is 12.4. The van der Waals surface area contributed by atoms with Gasteiger partial charge in [0.2, 0.25) is 0 Å². The van der Waals surface area contributed by atoms with Crippen molar-refractivity contribution in [2.24, 2.45) is 0 Å².